The van der Waals surface area contributed by atoms with E-state index in [2.05, 4.69) is 20.2 Å². The Labute approximate surface area is 205 Å². The molecule has 2 aromatic heterocycles. The molecule has 1 aliphatic heterocycles. The summed E-state index contributed by atoms with van der Waals surface area (Å²) < 4.78 is 44.9. The Kier molecular flexibility index (Phi) is 6.28. The smallest absolute Gasteiger partial charge is 0.229 e. The molecule has 184 valence electrons. The number of fused-ring (bicyclic) bond motifs is 1. The van der Waals surface area contributed by atoms with Crippen molar-refractivity contribution < 1.29 is 17.5 Å². The van der Waals surface area contributed by atoms with Crippen molar-refractivity contribution in [2.24, 2.45) is 0 Å². The van der Waals surface area contributed by atoms with Gasteiger partial charge < -0.3 is 9.88 Å². The zero-order valence-corrected chi connectivity index (χ0v) is 20.8. The van der Waals surface area contributed by atoms with E-state index in [9.17, 15) is 17.5 Å². The molecule has 4 aromatic rings. The van der Waals surface area contributed by atoms with Gasteiger partial charge in [-0.2, -0.15) is 15.6 Å². The van der Waals surface area contributed by atoms with Gasteiger partial charge in [0.25, 0.3) is 0 Å². The maximum atomic E-state index is 11.8. The third kappa shape index (κ3) is 5.49. The summed E-state index contributed by atoms with van der Waals surface area (Å²) in [7, 11) is -5.64. The first-order valence-corrected chi connectivity index (χ1v) is 14.9. The zero-order chi connectivity index (χ0) is 24.6. The second-order valence-corrected chi connectivity index (χ2v) is 13.2. The SMILES string of the molecule is CS(=O)(=O)c1ccc(-n2ccc3cnc(Nc4ccc(CN5CCS(O)(O)CC5)cc4)nc32)cc1. The minimum absolute atomic E-state index is 0.273. The minimum atomic E-state index is -3.26. The average Bonchev–Trinajstić information content (AvgIpc) is 3.24. The molecule has 11 heteroatoms. The van der Waals surface area contributed by atoms with Gasteiger partial charge in [0, 0.05) is 55.0 Å². The predicted octanol–water partition coefficient (Wildman–Crippen LogP) is 4.13. The molecule has 3 heterocycles. The van der Waals surface area contributed by atoms with E-state index >= 15 is 0 Å². The van der Waals surface area contributed by atoms with Gasteiger partial charge in [-0.15, -0.1) is 0 Å². The van der Waals surface area contributed by atoms with Crippen LogP contribution in [0.2, 0.25) is 0 Å². The summed E-state index contributed by atoms with van der Waals surface area (Å²) in [6, 6.07) is 16.6. The predicted molar refractivity (Wildman–Crippen MR) is 140 cm³/mol. The lowest BCUT2D eigenvalue weighted by molar-refractivity contribution is 0.278. The Hall–Kier alpha value is -2.96. The van der Waals surface area contributed by atoms with Gasteiger partial charge in [0.2, 0.25) is 5.95 Å². The van der Waals surface area contributed by atoms with Crippen molar-refractivity contribution in [3.63, 3.8) is 0 Å². The first kappa shape index (κ1) is 23.8. The Morgan fingerprint density at radius 2 is 1.69 bits per heavy atom. The molecule has 1 aliphatic rings. The van der Waals surface area contributed by atoms with Crippen LogP contribution >= 0.6 is 10.6 Å². The van der Waals surface area contributed by atoms with E-state index in [4.69, 9.17) is 0 Å². The van der Waals surface area contributed by atoms with Crippen molar-refractivity contribution in [1.82, 2.24) is 19.4 Å². The largest absolute Gasteiger partial charge is 0.324 e. The molecule has 0 spiro atoms. The highest BCUT2D eigenvalue weighted by atomic mass is 32.3. The zero-order valence-electron chi connectivity index (χ0n) is 19.2. The summed E-state index contributed by atoms with van der Waals surface area (Å²) in [5.74, 6) is 1.34. The molecular weight excluding hydrogens is 486 g/mol. The second kappa shape index (κ2) is 9.25. The van der Waals surface area contributed by atoms with Crippen LogP contribution in [-0.2, 0) is 16.4 Å². The van der Waals surface area contributed by atoms with Crippen molar-refractivity contribution in [3.05, 3.63) is 72.6 Å². The fourth-order valence-corrected chi connectivity index (χ4v) is 5.98. The second-order valence-electron chi connectivity index (χ2n) is 8.73. The van der Waals surface area contributed by atoms with E-state index in [0.717, 1.165) is 28.9 Å². The van der Waals surface area contributed by atoms with Crippen molar-refractivity contribution in [3.8, 4) is 5.69 Å². The molecule has 5 rings (SSSR count). The first-order chi connectivity index (χ1) is 16.7. The number of aromatic nitrogens is 3. The van der Waals surface area contributed by atoms with Crippen molar-refractivity contribution in [1.29, 1.82) is 0 Å². The highest BCUT2D eigenvalue weighted by Gasteiger charge is 2.22. The summed E-state index contributed by atoms with van der Waals surface area (Å²) >= 11 is 0. The van der Waals surface area contributed by atoms with E-state index in [-0.39, 0.29) is 4.90 Å². The van der Waals surface area contributed by atoms with Gasteiger partial charge in [-0.3, -0.25) is 14.0 Å². The molecule has 0 bridgehead atoms. The summed E-state index contributed by atoms with van der Waals surface area (Å²) in [6.45, 7) is 2.14. The maximum absolute atomic E-state index is 11.8. The van der Waals surface area contributed by atoms with E-state index in [0.29, 0.717) is 36.2 Å². The fraction of sp³-hybridized carbons (Fsp3) is 0.250. The van der Waals surface area contributed by atoms with Gasteiger partial charge in [-0.1, -0.05) is 12.1 Å². The van der Waals surface area contributed by atoms with Crippen LogP contribution in [0.15, 0.2) is 71.9 Å². The molecule has 9 nitrogen and oxygen atoms in total. The molecule has 3 N–H and O–H groups in total. The normalized spacial score (nSPS) is 17.3. The molecule has 0 unspecified atom stereocenters. The van der Waals surface area contributed by atoms with Gasteiger partial charge in [0.15, 0.2) is 9.84 Å². The molecular formula is C24H27N5O4S2. The number of benzene rings is 2. The van der Waals surface area contributed by atoms with Crippen LogP contribution in [0.3, 0.4) is 0 Å². The molecule has 35 heavy (non-hydrogen) atoms. The molecule has 0 atom stereocenters. The third-order valence-corrected chi connectivity index (χ3v) is 8.86. The minimum Gasteiger partial charge on any atom is -0.324 e. The Morgan fingerprint density at radius 3 is 2.34 bits per heavy atom. The number of hydrogen-bond donors (Lipinski definition) is 3. The van der Waals surface area contributed by atoms with E-state index < -0.39 is 20.4 Å². The number of nitrogens with one attached hydrogen (secondary N) is 1. The molecule has 1 fully saturated rings. The average molecular weight is 514 g/mol. The van der Waals surface area contributed by atoms with Crippen LogP contribution in [0.1, 0.15) is 5.56 Å². The number of anilines is 2. The summed E-state index contributed by atoms with van der Waals surface area (Å²) in [5, 5.41) is 4.12. The monoisotopic (exact) mass is 513 g/mol. The van der Waals surface area contributed by atoms with Crippen LogP contribution in [0.5, 0.6) is 0 Å². The van der Waals surface area contributed by atoms with Gasteiger partial charge in [-0.25, -0.2) is 13.4 Å². The molecule has 0 radical (unpaired) electrons. The van der Waals surface area contributed by atoms with Crippen LogP contribution in [0.4, 0.5) is 11.6 Å². The quantitative estimate of drug-likeness (QED) is 0.352. The lowest BCUT2D eigenvalue weighted by Gasteiger charge is -2.41. The maximum Gasteiger partial charge on any atom is 0.229 e. The van der Waals surface area contributed by atoms with E-state index in [1.54, 1.807) is 30.5 Å². The van der Waals surface area contributed by atoms with Crippen LogP contribution < -0.4 is 5.32 Å². The highest BCUT2D eigenvalue weighted by Crippen LogP contribution is 2.40. The topological polar surface area (TPSA) is 121 Å². The van der Waals surface area contributed by atoms with Gasteiger partial charge in [-0.05, 0) is 48.0 Å². The van der Waals surface area contributed by atoms with E-state index in [1.807, 2.05) is 41.1 Å². The third-order valence-electron chi connectivity index (χ3n) is 6.06. The fourth-order valence-electron chi connectivity index (χ4n) is 4.04. The summed E-state index contributed by atoms with van der Waals surface area (Å²) in [4.78, 5) is 11.6. The summed E-state index contributed by atoms with van der Waals surface area (Å²) in [6.07, 6.45) is 4.82. The Balaban J connectivity index is 1.30. The molecule has 0 saturated carbocycles. The van der Waals surface area contributed by atoms with Crippen molar-refractivity contribution in [2.75, 3.05) is 36.2 Å². The lowest BCUT2D eigenvalue weighted by Crippen LogP contribution is -2.37. The first-order valence-electron chi connectivity index (χ1n) is 11.1. The van der Waals surface area contributed by atoms with Gasteiger partial charge in [0.05, 0.1) is 16.4 Å². The molecule has 0 amide bonds. The number of hydrogen-bond acceptors (Lipinski definition) is 8. The van der Waals surface area contributed by atoms with Crippen molar-refractivity contribution in [2.45, 2.75) is 11.4 Å². The highest BCUT2D eigenvalue weighted by molar-refractivity contribution is 8.24. The molecule has 2 aromatic carbocycles. The Morgan fingerprint density at radius 1 is 1.00 bits per heavy atom. The van der Waals surface area contributed by atoms with Crippen molar-refractivity contribution >= 4 is 43.1 Å². The van der Waals surface area contributed by atoms with Crippen LogP contribution in [0.25, 0.3) is 16.7 Å². The van der Waals surface area contributed by atoms with Crippen LogP contribution in [-0.4, -0.2) is 67.8 Å². The number of rotatable bonds is 6. The van der Waals surface area contributed by atoms with E-state index in [1.165, 1.54) is 6.26 Å². The van der Waals surface area contributed by atoms with Crippen LogP contribution in [0, 0.1) is 0 Å². The number of sulfone groups is 1. The Bertz CT molecular complexity index is 1440. The molecule has 0 aliphatic carbocycles. The number of nitrogens with zero attached hydrogens (tertiary/aromatic N) is 4. The van der Waals surface area contributed by atoms with Gasteiger partial charge >= 0.3 is 0 Å². The lowest BCUT2D eigenvalue weighted by atomic mass is 10.2. The standard InChI is InChI=1S/C24H27N5O4S2/c1-34(30,31)22-8-6-21(7-9-22)29-11-10-19-16-25-24(27-23(19)29)26-20-4-2-18(3-5-20)17-28-12-14-35(32,33)15-13-28/h2-11,16,32-33H,12-15,17H2,1H3,(H,25,26,27). The van der Waals surface area contributed by atoms with Gasteiger partial charge in [0.1, 0.15) is 5.65 Å². The molecule has 1 saturated heterocycles. The summed E-state index contributed by atoms with van der Waals surface area (Å²) in [5.41, 5.74) is 3.52.